The van der Waals surface area contributed by atoms with Gasteiger partial charge in [0.2, 0.25) is 0 Å². The van der Waals surface area contributed by atoms with Crippen LogP contribution in [0.25, 0.3) is 22.7 Å². The molecule has 0 radical (unpaired) electrons. The molecule has 1 aromatic heterocycles. The number of nitrogens with zero attached hydrogens (tertiary/aromatic N) is 2. The van der Waals surface area contributed by atoms with Gasteiger partial charge in [-0.3, -0.25) is 0 Å². The van der Waals surface area contributed by atoms with Crippen LogP contribution < -0.4 is 0 Å². The van der Waals surface area contributed by atoms with Crippen molar-refractivity contribution in [3.8, 4) is 0 Å². The summed E-state index contributed by atoms with van der Waals surface area (Å²) in [4.78, 5) is 2.38. The van der Waals surface area contributed by atoms with Crippen molar-refractivity contribution in [3.63, 3.8) is 0 Å². The standard InChI is InChI=1S/C22H23FN2.C2H6/c1-15-4-9-21-19(12-15)20-14-24(3)11-10-22(20)25(21)13-16(2)17-5-7-18(23)8-6-17;1-2/h4-9,12-13H,10-11,14H2,1-3H3;1-2H3/b16-13+;. The van der Waals surface area contributed by atoms with Crippen molar-refractivity contribution in [2.24, 2.45) is 0 Å². The SMILES string of the molecule is C/C(=C\n1c2c(c3cc(C)ccc31)CN(C)CC2)c1ccc(F)cc1.CC. The fourth-order valence-corrected chi connectivity index (χ4v) is 3.77. The van der Waals surface area contributed by atoms with Crippen LogP contribution >= 0.6 is 0 Å². The van der Waals surface area contributed by atoms with Crippen LogP contribution in [0.1, 0.15) is 43.2 Å². The van der Waals surface area contributed by atoms with Gasteiger partial charge < -0.3 is 9.47 Å². The molecule has 2 aromatic carbocycles. The first-order valence-corrected chi connectivity index (χ1v) is 9.78. The molecule has 0 atom stereocenters. The van der Waals surface area contributed by atoms with Gasteiger partial charge in [-0.2, -0.15) is 0 Å². The number of hydrogen-bond donors (Lipinski definition) is 0. The number of fused-ring (bicyclic) bond motifs is 3. The summed E-state index contributed by atoms with van der Waals surface area (Å²) < 4.78 is 15.5. The Kier molecular flexibility index (Phi) is 5.81. The van der Waals surface area contributed by atoms with Crippen LogP contribution in [0, 0.1) is 12.7 Å². The molecule has 0 unspecified atom stereocenters. The second-order valence-corrected chi connectivity index (χ2v) is 7.12. The van der Waals surface area contributed by atoms with E-state index in [2.05, 4.69) is 54.8 Å². The van der Waals surface area contributed by atoms with Crippen LogP contribution in [-0.2, 0) is 13.0 Å². The van der Waals surface area contributed by atoms with Crippen molar-refractivity contribution in [2.75, 3.05) is 13.6 Å². The number of allylic oxidation sites excluding steroid dienone is 1. The van der Waals surface area contributed by atoms with Crippen molar-refractivity contribution in [1.82, 2.24) is 9.47 Å². The van der Waals surface area contributed by atoms with Crippen LogP contribution in [0.2, 0.25) is 0 Å². The topological polar surface area (TPSA) is 8.17 Å². The van der Waals surface area contributed by atoms with E-state index in [-0.39, 0.29) is 5.82 Å². The third kappa shape index (κ3) is 3.84. The zero-order valence-electron chi connectivity index (χ0n) is 17.0. The molecule has 142 valence electrons. The lowest BCUT2D eigenvalue weighted by Gasteiger charge is -2.23. The normalized spacial score (nSPS) is 14.7. The number of benzene rings is 2. The Hall–Kier alpha value is -2.39. The molecule has 1 aliphatic rings. The van der Waals surface area contributed by atoms with Gasteiger partial charge in [0.05, 0.1) is 5.52 Å². The van der Waals surface area contributed by atoms with Crippen molar-refractivity contribution < 1.29 is 4.39 Å². The highest BCUT2D eigenvalue weighted by molar-refractivity contribution is 5.90. The third-order valence-corrected chi connectivity index (χ3v) is 5.16. The van der Waals surface area contributed by atoms with E-state index >= 15 is 0 Å². The molecule has 4 rings (SSSR count). The van der Waals surface area contributed by atoms with Gasteiger partial charge in [0.1, 0.15) is 5.82 Å². The first-order chi connectivity index (χ1) is 13.0. The Labute approximate surface area is 161 Å². The Balaban J connectivity index is 0.00000102. The van der Waals surface area contributed by atoms with Crippen LogP contribution in [0.4, 0.5) is 4.39 Å². The van der Waals surface area contributed by atoms with Crippen molar-refractivity contribution in [2.45, 2.75) is 40.7 Å². The van der Waals surface area contributed by atoms with E-state index in [0.29, 0.717) is 0 Å². The molecule has 0 fully saturated rings. The molecule has 3 aromatic rings. The van der Waals surface area contributed by atoms with Gasteiger partial charge >= 0.3 is 0 Å². The molecule has 0 N–H and O–H groups in total. The lowest BCUT2D eigenvalue weighted by molar-refractivity contribution is 0.312. The summed E-state index contributed by atoms with van der Waals surface area (Å²) in [5.41, 5.74) is 7.58. The Morgan fingerprint density at radius 3 is 2.48 bits per heavy atom. The highest BCUT2D eigenvalue weighted by Gasteiger charge is 2.21. The first-order valence-electron chi connectivity index (χ1n) is 9.78. The molecule has 2 heterocycles. The molecular formula is C24H29FN2. The maximum atomic E-state index is 13.2. The lowest BCUT2D eigenvalue weighted by Crippen LogP contribution is -2.26. The first kappa shape index (κ1) is 19.4. The average molecular weight is 365 g/mol. The smallest absolute Gasteiger partial charge is 0.123 e. The van der Waals surface area contributed by atoms with E-state index in [1.165, 1.54) is 39.9 Å². The highest BCUT2D eigenvalue weighted by atomic mass is 19.1. The van der Waals surface area contributed by atoms with E-state index in [4.69, 9.17) is 0 Å². The van der Waals surface area contributed by atoms with Gasteiger partial charge in [0.25, 0.3) is 0 Å². The zero-order chi connectivity index (χ0) is 19.6. The molecule has 3 heteroatoms. The zero-order valence-corrected chi connectivity index (χ0v) is 17.0. The van der Waals surface area contributed by atoms with E-state index in [1.807, 2.05) is 26.0 Å². The Morgan fingerprint density at radius 2 is 1.78 bits per heavy atom. The Morgan fingerprint density at radius 1 is 1.07 bits per heavy atom. The minimum absolute atomic E-state index is 0.196. The molecule has 0 saturated heterocycles. The minimum atomic E-state index is -0.196. The van der Waals surface area contributed by atoms with Crippen LogP contribution in [0.15, 0.2) is 42.5 Å². The second-order valence-electron chi connectivity index (χ2n) is 7.12. The van der Waals surface area contributed by atoms with Crippen molar-refractivity contribution >= 4 is 22.7 Å². The second kappa shape index (κ2) is 8.10. The molecule has 27 heavy (non-hydrogen) atoms. The Bertz CT molecular complexity index is 964. The van der Waals surface area contributed by atoms with Crippen molar-refractivity contribution in [1.29, 1.82) is 0 Å². The van der Waals surface area contributed by atoms with Gasteiger partial charge in [-0.05, 0) is 61.9 Å². The summed E-state index contributed by atoms with van der Waals surface area (Å²) in [5, 5.41) is 1.35. The minimum Gasteiger partial charge on any atom is -0.320 e. The van der Waals surface area contributed by atoms with Crippen LogP contribution in [-0.4, -0.2) is 23.1 Å². The predicted octanol–water partition coefficient (Wildman–Crippen LogP) is 6.12. The van der Waals surface area contributed by atoms with E-state index in [0.717, 1.165) is 30.6 Å². The largest absolute Gasteiger partial charge is 0.320 e. The number of likely N-dealkylation sites (N-methyl/N-ethyl adjacent to an activating group) is 1. The number of rotatable bonds is 2. The molecule has 0 aliphatic carbocycles. The summed E-state index contributed by atoms with van der Waals surface area (Å²) in [6.45, 7) is 10.3. The molecule has 0 bridgehead atoms. The van der Waals surface area contributed by atoms with Crippen LogP contribution in [0.5, 0.6) is 0 Å². The predicted molar refractivity (Wildman–Crippen MR) is 114 cm³/mol. The maximum absolute atomic E-state index is 13.2. The fourth-order valence-electron chi connectivity index (χ4n) is 3.77. The van der Waals surface area contributed by atoms with Gasteiger partial charge in [-0.1, -0.05) is 37.6 Å². The summed E-state index contributed by atoms with van der Waals surface area (Å²) in [6, 6.07) is 13.4. The number of aryl methyl sites for hydroxylation is 1. The van der Waals surface area contributed by atoms with E-state index in [9.17, 15) is 4.39 Å². The molecule has 0 saturated carbocycles. The number of halogens is 1. The summed E-state index contributed by atoms with van der Waals surface area (Å²) >= 11 is 0. The van der Waals surface area contributed by atoms with Crippen molar-refractivity contribution in [3.05, 3.63) is 70.7 Å². The third-order valence-electron chi connectivity index (χ3n) is 5.16. The quantitative estimate of drug-likeness (QED) is 0.532. The maximum Gasteiger partial charge on any atom is 0.123 e. The molecule has 2 nitrogen and oxygen atoms in total. The average Bonchev–Trinajstić information content (AvgIpc) is 2.96. The van der Waals surface area contributed by atoms with Crippen LogP contribution in [0.3, 0.4) is 0 Å². The molecular weight excluding hydrogens is 335 g/mol. The monoisotopic (exact) mass is 364 g/mol. The molecule has 1 aliphatic heterocycles. The van der Waals surface area contributed by atoms with Gasteiger partial charge in [-0.25, -0.2) is 4.39 Å². The summed E-state index contributed by atoms with van der Waals surface area (Å²) in [7, 11) is 2.18. The molecule has 0 amide bonds. The number of hydrogen-bond acceptors (Lipinski definition) is 1. The van der Waals surface area contributed by atoms with E-state index < -0.39 is 0 Å². The van der Waals surface area contributed by atoms with Gasteiger partial charge in [0.15, 0.2) is 0 Å². The van der Waals surface area contributed by atoms with E-state index in [1.54, 1.807) is 0 Å². The van der Waals surface area contributed by atoms with Gasteiger partial charge in [0, 0.05) is 36.8 Å². The van der Waals surface area contributed by atoms with Gasteiger partial charge in [-0.15, -0.1) is 0 Å². The summed E-state index contributed by atoms with van der Waals surface area (Å²) in [5.74, 6) is -0.196. The highest BCUT2D eigenvalue weighted by Crippen LogP contribution is 2.32. The molecule has 0 spiro atoms. The number of aromatic nitrogens is 1. The fraction of sp³-hybridized carbons (Fsp3) is 0.333. The lowest BCUT2D eigenvalue weighted by atomic mass is 10.0. The summed E-state index contributed by atoms with van der Waals surface area (Å²) in [6.07, 6.45) is 3.25.